The van der Waals surface area contributed by atoms with Crippen molar-refractivity contribution in [3.63, 3.8) is 0 Å². The fourth-order valence-electron chi connectivity index (χ4n) is 2.73. The summed E-state index contributed by atoms with van der Waals surface area (Å²) >= 11 is 3.39. The molecule has 2 unspecified atom stereocenters. The molecule has 1 aromatic carbocycles. The number of nitrogens with two attached hydrogens (primary N) is 1. The molecule has 2 atom stereocenters. The van der Waals surface area contributed by atoms with E-state index in [9.17, 15) is 4.79 Å². The third-order valence-electron chi connectivity index (χ3n) is 3.44. The first kappa shape index (κ1) is 14.3. The Kier molecular flexibility index (Phi) is 4.16. The van der Waals surface area contributed by atoms with Gasteiger partial charge >= 0.3 is 0 Å². The lowest BCUT2D eigenvalue weighted by atomic mass is 9.83. The average molecular weight is 327 g/mol. The van der Waals surface area contributed by atoms with Crippen LogP contribution in [0.2, 0.25) is 0 Å². The van der Waals surface area contributed by atoms with Gasteiger partial charge in [-0.15, -0.1) is 0 Å². The van der Waals surface area contributed by atoms with E-state index in [4.69, 9.17) is 10.5 Å². The number of anilines is 1. The molecule has 19 heavy (non-hydrogen) atoms. The van der Waals surface area contributed by atoms with Crippen LogP contribution < -0.4 is 11.1 Å². The minimum atomic E-state index is -0.731. The van der Waals surface area contributed by atoms with Gasteiger partial charge in [-0.2, -0.15) is 0 Å². The molecule has 0 saturated carbocycles. The van der Waals surface area contributed by atoms with Gasteiger partial charge in [0.2, 0.25) is 5.91 Å². The van der Waals surface area contributed by atoms with Crippen LogP contribution in [0.5, 0.6) is 0 Å². The lowest BCUT2D eigenvalue weighted by Gasteiger charge is -2.41. The van der Waals surface area contributed by atoms with Crippen LogP contribution in [0.25, 0.3) is 0 Å². The normalized spacial score (nSPS) is 30.9. The van der Waals surface area contributed by atoms with Gasteiger partial charge in [0.05, 0.1) is 12.2 Å². The highest BCUT2D eigenvalue weighted by Gasteiger charge is 2.43. The van der Waals surface area contributed by atoms with Gasteiger partial charge in [0.25, 0.3) is 0 Å². The number of rotatable bonds is 3. The molecule has 0 aliphatic carbocycles. The van der Waals surface area contributed by atoms with Crippen molar-refractivity contribution in [1.82, 2.24) is 0 Å². The third kappa shape index (κ3) is 3.28. The Bertz CT molecular complexity index is 451. The van der Waals surface area contributed by atoms with Crippen LogP contribution in [0.1, 0.15) is 26.7 Å². The van der Waals surface area contributed by atoms with Crippen LogP contribution in [-0.4, -0.2) is 23.7 Å². The predicted octanol–water partition coefficient (Wildman–Crippen LogP) is 2.67. The van der Waals surface area contributed by atoms with Gasteiger partial charge in [-0.05, 0) is 38.1 Å². The number of hydrogen-bond donors (Lipinski definition) is 2. The van der Waals surface area contributed by atoms with Gasteiger partial charge in [-0.1, -0.05) is 15.9 Å². The Morgan fingerprint density at radius 1 is 1.32 bits per heavy atom. The number of halogens is 1. The zero-order valence-electron chi connectivity index (χ0n) is 11.2. The number of carbonyl (C=O) groups is 1. The molecular weight excluding hydrogens is 308 g/mol. The van der Waals surface area contributed by atoms with Crippen molar-refractivity contribution >= 4 is 27.5 Å². The van der Waals surface area contributed by atoms with Crippen LogP contribution >= 0.6 is 15.9 Å². The van der Waals surface area contributed by atoms with Crippen molar-refractivity contribution in [2.45, 2.75) is 44.4 Å². The maximum Gasteiger partial charge on any atom is 0.243 e. The first-order valence-corrected chi connectivity index (χ1v) is 7.20. The minimum Gasteiger partial charge on any atom is -0.375 e. The van der Waals surface area contributed by atoms with Gasteiger partial charge in [-0.25, -0.2) is 0 Å². The van der Waals surface area contributed by atoms with Crippen LogP contribution in [-0.2, 0) is 9.53 Å². The Balaban J connectivity index is 2.24. The molecule has 1 fully saturated rings. The van der Waals surface area contributed by atoms with Crippen molar-refractivity contribution in [3.05, 3.63) is 28.7 Å². The van der Waals surface area contributed by atoms with E-state index >= 15 is 0 Å². The van der Waals surface area contributed by atoms with E-state index in [2.05, 4.69) is 21.2 Å². The number of amides is 1. The Hall–Kier alpha value is -1.07. The zero-order chi connectivity index (χ0) is 14.0. The zero-order valence-corrected chi connectivity index (χ0v) is 12.7. The Morgan fingerprint density at radius 3 is 2.32 bits per heavy atom. The molecule has 1 aromatic rings. The number of benzene rings is 1. The summed E-state index contributed by atoms with van der Waals surface area (Å²) in [6.07, 6.45) is 1.20. The predicted molar refractivity (Wildman–Crippen MR) is 78.9 cm³/mol. The molecule has 1 amide bonds. The van der Waals surface area contributed by atoms with Crippen molar-refractivity contribution in [2.75, 3.05) is 5.32 Å². The summed E-state index contributed by atoms with van der Waals surface area (Å²) in [6, 6.07) is 7.73. The van der Waals surface area contributed by atoms with Crippen molar-refractivity contribution < 1.29 is 9.53 Å². The SMILES string of the molecule is CC1CC(Nc2ccc(Br)cc2)(C(N)=O)CC(C)O1. The van der Waals surface area contributed by atoms with Gasteiger partial charge in [-0.3, -0.25) is 4.79 Å². The van der Waals surface area contributed by atoms with Crippen LogP contribution in [0.15, 0.2) is 28.7 Å². The quantitative estimate of drug-likeness (QED) is 0.897. The largest absolute Gasteiger partial charge is 0.375 e. The summed E-state index contributed by atoms with van der Waals surface area (Å²) in [5, 5.41) is 3.31. The summed E-state index contributed by atoms with van der Waals surface area (Å²) in [7, 11) is 0. The smallest absolute Gasteiger partial charge is 0.243 e. The monoisotopic (exact) mass is 326 g/mol. The van der Waals surface area contributed by atoms with E-state index < -0.39 is 5.54 Å². The molecular formula is C14H19BrN2O2. The second-order valence-corrected chi connectivity index (χ2v) is 6.16. The van der Waals surface area contributed by atoms with E-state index in [0.717, 1.165) is 10.2 Å². The highest BCUT2D eigenvalue weighted by Crippen LogP contribution is 2.32. The molecule has 1 heterocycles. The third-order valence-corrected chi connectivity index (χ3v) is 3.96. The van der Waals surface area contributed by atoms with E-state index in [0.29, 0.717) is 12.8 Å². The van der Waals surface area contributed by atoms with E-state index in [-0.39, 0.29) is 18.1 Å². The summed E-state index contributed by atoms with van der Waals surface area (Å²) in [4.78, 5) is 11.9. The van der Waals surface area contributed by atoms with Gasteiger partial charge in [0.1, 0.15) is 5.54 Å². The maximum absolute atomic E-state index is 11.9. The maximum atomic E-state index is 11.9. The fourth-order valence-corrected chi connectivity index (χ4v) is 3.00. The molecule has 0 aromatic heterocycles. The van der Waals surface area contributed by atoms with E-state index in [1.807, 2.05) is 38.1 Å². The summed E-state index contributed by atoms with van der Waals surface area (Å²) in [5.41, 5.74) is 5.80. The van der Waals surface area contributed by atoms with E-state index in [1.54, 1.807) is 0 Å². The van der Waals surface area contributed by atoms with Gasteiger partial charge < -0.3 is 15.8 Å². The second kappa shape index (κ2) is 5.51. The molecule has 104 valence electrons. The lowest BCUT2D eigenvalue weighted by molar-refractivity contribution is -0.131. The molecule has 2 rings (SSSR count). The van der Waals surface area contributed by atoms with Crippen molar-refractivity contribution in [2.24, 2.45) is 5.73 Å². The lowest BCUT2D eigenvalue weighted by Crippen LogP contribution is -2.57. The van der Waals surface area contributed by atoms with Crippen LogP contribution in [0, 0.1) is 0 Å². The number of nitrogens with one attached hydrogen (secondary N) is 1. The first-order valence-electron chi connectivity index (χ1n) is 6.40. The number of ether oxygens (including phenoxy) is 1. The molecule has 4 nitrogen and oxygen atoms in total. The topological polar surface area (TPSA) is 64.3 Å². The second-order valence-electron chi connectivity index (χ2n) is 5.24. The Labute approximate surface area is 121 Å². The summed E-state index contributed by atoms with van der Waals surface area (Å²) in [6.45, 7) is 3.94. The highest BCUT2D eigenvalue weighted by molar-refractivity contribution is 9.10. The standard InChI is InChI=1S/C14H19BrN2O2/c1-9-7-14(13(16)18,8-10(2)19-9)17-12-5-3-11(15)4-6-12/h3-6,9-10,17H,7-8H2,1-2H3,(H2,16,18). The number of primary amides is 1. The molecule has 1 saturated heterocycles. The first-order chi connectivity index (χ1) is 8.91. The van der Waals surface area contributed by atoms with Gasteiger partial charge in [0.15, 0.2) is 0 Å². The van der Waals surface area contributed by atoms with Crippen LogP contribution in [0.3, 0.4) is 0 Å². The fraction of sp³-hybridized carbons (Fsp3) is 0.500. The molecule has 5 heteroatoms. The van der Waals surface area contributed by atoms with Gasteiger partial charge in [0, 0.05) is 23.0 Å². The molecule has 0 bridgehead atoms. The van der Waals surface area contributed by atoms with E-state index in [1.165, 1.54) is 0 Å². The summed E-state index contributed by atoms with van der Waals surface area (Å²) in [5.74, 6) is -0.322. The number of hydrogen-bond acceptors (Lipinski definition) is 3. The Morgan fingerprint density at radius 2 is 1.84 bits per heavy atom. The molecule has 1 aliphatic heterocycles. The molecule has 0 spiro atoms. The summed E-state index contributed by atoms with van der Waals surface area (Å²) < 4.78 is 6.69. The van der Waals surface area contributed by atoms with Crippen molar-refractivity contribution in [3.8, 4) is 0 Å². The number of carbonyl (C=O) groups excluding carboxylic acids is 1. The van der Waals surface area contributed by atoms with Crippen molar-refractivity contribution in [1.29, 1.82) is 0 Å². The minimum absolute atomic E-state index is 0.0131. The molecule has 0 radical (unpaired) electrons. The average Bonchev–Trinajstić information content (AvgIpc) is 2.30. The molecule has 1 aliphatic rings. The van der Waals surface area contributed by atoms with Crippen LogP contribution in [0.4, 0.5) is 5.69 Å². The molecule has 3 N–H and O–H groups in total. The highest BCUT2D eigenvalue weighted by atomic mass is 79.9.